The third-order valence-electron chi connectivity index (χ3n) is 8.31. The zero-order valence-electron chi connectivity index (χ0n) is 17.5. The highest BCUT2D eigenvalue weighted by Gasteiger charge is 2.80. The fourth-order valence-electron chi connectivity index (χ4n) is 6.81. The summed E-state index contributed by atoms with van der Waals surface area (Å²) in [5.74, 6) is -2.33. The SMILES string of the molecule is CO[C@H]1CC(=O)C2CC34SSC5(CC6C(=O)C[C@H](OC)[C@H](O)[C@H]6N5C3=O)C(=O)N4[C@@H]2[C@H]1O. The van der Waals surface area contributed by atoms with Gasteiger partial charge in [0.15, 0.2) is 9.74 Å². The van der Waals surface area contributed by atoms with Crippen molar-refractivity contribution in [2.75, 3.05) is 14.2 Å². The Balaban J connectivity index is 1.46. The molecule has 5 heterocycles. The monoisotopic (exact) mass is 484 g/mol. The Morgan fingerprint density at radius 3 is 1.50 bits per heavy atom. The van der Waals surface area contributed by atoms with Crippen LogP contribution in [0.1, 0.15) is 25.7 Å². The van der Waals surface area contributed by atoms with Gasteiger partial charge in [0.1, 0.15) is 23.8 Å². The van der Waals surface area contributed by atoms with E-state index in [2.05, 4.69) is 0 Å². The van der Waals surface area contributed by atoms with Crippen molar-refractivity contribution in [2.24, 2.45) is 11.8 Å². The number of hydrogen-bond donors (Lipinski definition) is 2. The van der Waals surface area contributed by atoms with Gasteiger partial charge in [-0.05, 0) is 0 Å². The molecule has 4 unspecified atom stereocenters. The summed E-state index contributed by atoms with van der Waals surface area (Å²) >= 11 is 0. The molecule has 7 rings (SSSR count). The number of carbonyl (C=O) groups excluding carboxylic acids is 4. The molecule has 5 saturated heterocycles. The summed E-state index contributed by atoms with van der Waals surface area (Å²) in [5, 5.41) is 22.0. The van der Waals surface area contributed by atoms with Gasteiger partial charge in [0.05, 0.1) is 24.3 Å². The smallest absolute Gasteiger partial charge is 0.261 e. The minimum atomic E-state index is -1.35. The number of Topliss-reactive ketones (excluding diaryl/α,β-unsaturated/α-hetero) is 2. The number of fused-ring (bicyclic) bond motifs is 3. The van der Waals surface area contributed by atoms with Crippen molar-refractivity contribution >= 4 is 45.0 Å². The maximum absolute atomic E-state index is 14.0. The second-order valence-corrected chi connectivity index (χ2v) is 12.2. The Hall–Kier alpha value is -1.18. The standard InChI is InChI=1S/C20H24N2O8S2/c1-29-11-3-9(23)7-5-19-18(28)22-14-8(10(24)4-12(30-2)16(14)26)6-20(22,32-31-19)17(27)21(19)13(7)15(11)25/h7-8,11-16,25-26H,3-6H2,1-2H3/t7?,8?,11-,12-,13-,14-,15-,16-,19?,20?/m0/s1. The molecule has 0 aromatic carbocycles. The Labute approximate surface area is 191 Å². The quantitative estimate of drug-likeness (QED) is 0.466. The molecule has 2 aliphatic carbocycles. The van der Waals surface area contributed by atoms with E-state index in [1.807, 2.05) is 0 Å². The van der Waals surface area contributed by atoms with Crippen LogP contribution in [0.2, 0.25) is 0 Å². The highest BCUT2D eigenvalue weighted by molar-refractivity contribution is 8.78. The molecule has 0 aromatic heterocycles. The maximum atomic E-state index is 14.0. The Morgan fingerprint density at radius 1 is 0.781 bits per heavy atom. The van der Waals surface area contributed by atoms with Crippen LogP contribution < -0.4 is 0 Å². The molecule has 0 radical (unpaired) electrons. The first kappa shape index (κ1) is 21.4. The molecular formula is C20H24N2O8S2. The van der Waals surface area contributed by atoms with Gasteiger partial charge in [-0.25, -0.2) is 0 Å². The van der Waals surface area contributed by atoms with E-state index in [4.69, 9.17) is 9.47 Å². The molecular weight excluding hydrogens is 460 g/mol. The van der Waals surface area contributed by atoms with Crippen LogP contribution in [0, 0.1) is 11.8 Å². The highest BCUT2D eigenvalue weighted by Crippen LogP contribution is 2.70. The normalized spacial score (nSPS) is 51.6. The van der Waals surface area contributed by atoms with Crippen LogP contribution in [0.4, 0.5) is 0 Å². The average molecular weight is 485 g/mol. The second-order valence-electron chi connectivity index (χ2n) is 9.56. The third-order valence-corrected chi connectivity index (χ3v) is 11.9. The second kappa shape index (κ2) is 6.70. The number of hydrogen-bond acceptors (Lipinski definition) is 10. The zero-order valence-corrected chi connectivity index (χ0v) is 19.1. The Morgan fingerprint density at radius 2 is 1.16 bits per heavy atom. The first-order chi connectivity index (χ1) is 15.2. The summed E-state index contributed by atoms with van der Waals surface area (Å²) in [6, 6.07) is -1.69. The number of ketones is 2. The average Bonchev–Trinajstić information content (AvgIpc) is 3.32. The number of amides is 2. The summed E-state index contributed by atoms with van der Waals surface area (Å²) in [5.41, 5.74) is 0. The number of methoxy groups -OCH3 is 2. The minimum Gasteiger partial charge on any atom is -0.388 e. The molecule has 10 atom stereocenters. The van der Waals surface area contributed by atoms with Crippen molar-refractivity contribution < 1.29 is 38.9 Å². The minimum absolute atomic E-state index is 0.0330. The van der Waals surface area contributed by atoms with Crippen LogP contribution in [0.3, 0.4) is 0 Å². The van der Waals surface area contributed by atoms with Gasteiger partial charge >= 0.3 is 0 Å². The Kier molecular flexibility index (Phi) is 4.47. The molecule has 7 aliphatic rings. The number of carbonyl (C=O) groups is 4. The Bertz CT molecular complexity index is 875. The van der Waals surface area contributed by atoms with Crippen LogP contribution in [-0.4, -0.2) is 104 Å². The van der Waals surface area contributed by atoms with E-state index in [0.717, 1.165) is 0 Å². The van der Waals surface area contributed by atoms with Crippen LogP contribution in [0.15, 0.2) is 0 Å². The lowest BCUT2D eigenvalue weighted by atomic mass is 9.79. The van der Waals surface area contributed by atoms with E-state index >= 15 is 0 Å². The van der Waals surface area contributed by atoms with Gasteiger partial charge in [-0.3, -0.25) is 19.2 Å². The molecule has 2 spiro atoms. The summed E-state index contributed by atoms with van der Waals surface area (Å²) in [7, 11) is 5.31. The van der Waals surface area contributed by atoms with Crippen LogP contribution in [0.25, 0.3) is 0 Å². The lowest BCUT2D eigenvalue weighted by molar-refractivity contribution is -0.177. The van der Waals surface area contributed by atoms with E-state index < -0.39 is 58.1 Å². The molecule has 10 nitrogen and oxygen atoms in total. The maximum Gasteiger partial charge on any atom is 0.261 e. The number of piperazine rings is 1. The molecule has 2 saturated carbocycles. The van der Waals surface area contributed by atoms with Gasteiger partial charge < -0.3 is 29.5 Å². The van der Waals surface area contributed by atoms with Crippen molar-refractivity contribution in [2.45, 2.75) is 71.9 Å². The lowest BCUT2D eigenvalue weighted by Gasteiger charge is -2.59. The molecule has 174 valence electrons. The number of aliphatic hydroxyl groups excluding tert-OH is 2. The fourth-order valence-corrected chi connectivity index (χ4v) is 10.6. The topological polar surface area (TPSA) is 134 Å². The summed E-state index contributed by atoms with van der Waals surface area (Å²) < 4.78 is 10.6. The van der Waals surface area contributed by atoms with Crippen molar-refractivity contribution in [1.29, 1.82) is 0 Å². The molecule has 5 aliphatic heterocycles. The highest BCUT2D eigenvalue weighted by atomic mass is 33.1. The third kappa shape index (κ3) is 2.24. The van der Waals surface area contributed by atoms with Crippen LogP contribution in [0.5, 0.6) is 0 Å². The number of nitrogens with zero attached hydrogens (tertiary/aromatic N) is 2. The summed E-state index contributed by atoms with van der Waals surface area (Å²) in [6.07, 6.45) is -3.40. The van der Waals surface area contributed by atoms with E-state index in [1.54, 1.807) is 0 Å². The number of rotatable bonds is 2. The van der Waals surface area contributed by atoms with Gasteiger partial charge in [0, 0.05) is 51.7 Å². The molecule has 7 fully saturated rings. The summed E-state index contributed by atoms with van der Waals surface area (Å²) in [4.78, 5) is 54.0. The van der Waals surface area contributed by atoms with Crippen LogP contribution in [-0.2, 0) is 28.7 Å². The molecule has 2 bridgehead atoms. The molecule has 2 amide bonds. The van der Waals surface area contributed by atoms with Gasteiger partial charge in [-0.2, -0.15) is 0 Å². The van der Waals surface area contributed by atoms with Gasteiger partial charge in [0.2, 0.25) is 0 Å². The van der Waals surface area contributed by atoms with Crippen molar-refractivity contribution in [1.82, 2.24) is 9.80 Å². The lowest BCUT2D eigenvalue weighted by Crippen LogP contribution is -2.78. The van der Waals surface area contributed by atoms with Gasteiger partial charge in [0.25, 0.3) is 11.8 Å². The largest absolute Gasteiger partial charge is 0.388 e. The summed E-state index contributed by atoms with van der Waals surface area (Å²) in [6.45, 7) is 0. The predicted octanol–water partition coefficient (Wildman–Crippen LogP) is -1.08. The van der Waals surface area contributed by atoms with Crippen molar-refractivity contribution in [3.63, 3.8) is 0 Å². The predicted molar refractivity (Wildman–Crippen MR) is 111 cm³/mol. The molecule has 12 heteroatoms. The number of ether oxygens (including phenoxy) is 2. The molecule has 2 N–H and O–H groups in total. The molecule has 0 aromatic rings. The van der Waals surface area contributed by atoms with E-state index in [0.29, 0.717) is 0 Å². The van der Waals surface area contributed by atoms with E-state index in [1.165, 1.54) is 45.6 Å². The first-order valence-corrected chi connectivity index (χ1v) is 12.9. The van der Waals surface area contributed by atoms with Crippen molar-refractivity contribution in [3.05, 3.63) is 0 Å². The zero-order chi connectivity index (χ0) is 22.7. The van der Waals surface area contributed by atoms with Gasteiger partial charge in [-0.15, -0.1) is 0 Å². The molecule has 32 heavy (non-hydrogen) atoms. The van der Waals surface area contributed by atoms with Crippen LogP contribution >= 0.6 is 21.6 Å². The first-order valence-electron chi connectivity index (χ1n) is 10.7. The fraction of sp³-hybridized carbons (Fsp3) is 0.800. The van der Waals surface area contributed by atoms with E-state index in [9.17, 15) is 29.4 Å². The van der Waals surface area contributed by atoms with E-state index in [-0.39, 0.29) is 49.1 Å². The number of aliphatic hydroxyl groups is 2. The van der Waals surface area contributed by atoms with Crippen molar-refractivity contribution in [3.8, 4) is 0 Å². The van der Waals surface area contributed by atoms with Gasteiger partial charge in [-0.1, -0.05) is 21.6 Å².